The number of halogens is 1. The first-order chi connectivity index (χ1) is 9.45. The van der Waals surface area contributed by atoms with Crippen LogP contribution >= 0.6 is 11.6 Å². The Morgan fingerprint density at radius 2 is 1.80 bits per heavy atom. The molecule has 0 saturated carbocycles. The molecular weight excluding hydrogens is 296 g/mol. The van der Waals surface area contributed by atoms with Crippen LogP contribution in [0.25, 0.3) is 0 Å². The van der Waals surface area contributed by atoms with Gasteiger partial charge >= 0.3 is 0 Å². The van der Waals surface area contributed by atoms with E-state index in [4.69, 9.17) is 11.6 Å². The van der Waals surface area contributed by atoms with Gasteiger partial charge in [-0.2, -0.15) is 4.31 Å². The Morgan fingerprint density at radius 3 is 2.40 bits per heavy atom. The summed E-state index contributed by atoms with van der Waals surface area (Å²) in [5.74, 6) is 0.587. The van der Waals surface area contributed by atoms with Gasteiger partial charge in [0, 0.05) is 38.6 Å². The Labute approximate surface area is 126 Å². The highest BCUT2D eigenvalue weighted by molar-refractivity contribution is 7.89. The van der Waals surface area contributed by atoms with Gasteiger partial charge in [-0.05, 0) is 31.0 Å². The molecule has 20 heavy (non-hydrogen) atoms. The summed E-state index contributed by atoms with van der Waals surface area (Å²) in [6.45, 7) is 7.14. The van der Waals surface area contributed by atoms with Gasteiger partial charge in [0.05, 0.1) is 4.90 Å². The molecule has 1 aromatic rings. The van der Waals surface area contributed by atoms with Gasteiger partial charge in [0.1, 0.15) is 0 Å². The van der Waals surface area contributed by atoms with Crippen LogP contribution in [0.15, 0.2) is 23.1 Å². The quantitative estimate of drug-likeness (QED) is 0.796. The molecule has 0 N–H and O–H groups in total. The molecule has 0 amide bonds. The van der Waals surface area contributed by atoms with Crippen molar-refractivity contribution in [3.05, 3.63) is 29.3 Å². The van der Waals surface area contributed by atoms with Crippen LogP contribution < -0.4 is 0 Å². The van der Waals surface area contributed by atoms with Gasteiger partial charge in [-0.1, -0.05) is 12.1 Å². The third-order valence-corrected chi connectivity index (χ3v) is 5.90. The van der Waals surface area contributed by atoms with Crippen molar-refractivity contribution in [3.63, 3.8) is 0 Å². The summed E-state index contributed by atoms with van der Waals surface area (Å²) in [5.41, 5.74) is 1.77. The van der Waals surface area contributed by atoms with Crippen LogP contribution in [-0.2, 0) is 10.0 Å². The van der Waals surface area contributed by atoms with Crippen molar-refractivity contribution in [2.24, 2.45) is 0 Å². The molecule has 1 aliphatic rings. The topological polar surface area (TPSA) is 40.6 Å². The predicted molar refractivity (Wildman–Crippen MR) is 81.8 cm³/mol. The van der Waals surface area contributed by atoms with E-state index in [9.17, 15) is 8.42 Å². The number of alkyl halides is 1. The minimum atomic E-state index is -3.38. The number of sulfonamides is 1. The van der Waals surface area contributed by atoms with Gasteiger partial charge in [-0.3, -0.25) is 4.90 Å². The number of aryl methyl sites for hydroxylation is 2. The van der Waals surface area contributed by atoms with Crippen LogP contribution in [-0.4, -0.2) is 56.2 Å². The average molecular weight is 317 g/mol. The summed E-state index contributed by atoms with van der Waals surface area (Å²) in [6.07, 6.45) is 0. The Hall–Kier alpha value is -0.620. The SMILES string of the molecule is Cc1ccc(C)c(S(=O)(=O)N2CCN(CCCl)CC2)c1. The molecule has 0 radical (unpaired) electrons. The highest BCUT2D eigenvalue weighted by Gasteiger charge is 2.29. The van der Waals surface area contributed by atoms with E-state index in [1.807, 2.05) is 26.0 Å². The first-order valence-corrected chi connectivity index (χ1v) is 8.78. The van der Waals surface area contributed by atoms with E-state index in [0.29, 0.717) is 23.9 Å². The highest BCUT2D eigenvalue weighted by Crippen LogP contribution is 2.22. The van der Waals surface area contributed by atoms with Gasteiger partial charge in [0.2, 0.25) is 10.0 Å². The van der Waals surface area contributed by atoms with Crippen LogP contribution in [0.3, 0.4) is 0 Å². The summed E-state index contributed by atoms with van der Waals surface area (Å²) in [7, 11) is -3.38. The van der Waals surface area contributed by atoms with Crippen LogP contribution in [0.4, 0.5) is 0 Å². The molecule has 4 nitrogen and oxygen atoms in total. The number of hydrogen-bond donors (Lipinski definition) is 0. The molecule has 0 unspecified atom stereocenters. The second kappa shape index (κ2) is 6.43. The molecule has 6 heteroatoms. The van der Waals surface area contributed by atoms with Crippen molar-refractivity contribution in [1.82, 2.24) is 9.21 Å². The van der Waals surface area contributed by atoms with Gasteiger partial charge in [0.15, 0.2) is 0 Å². The molecule has 1 aliphatic heterocycles. The molecule has 1 heterocycles. The normalized spacial score (nSPS) is 18.4. The Bertz CT molecular complexity index is 567. The summed E-state index contributed by atoms with van der Waals surface area (Å²) in [4.78, 5) is 2.63. The monoisotopic (exact) mass is 316 g/mol. The summed E-state index contributed by atoms with van der Waals surface area (Å²) in [6, 6.07) is 5.56. The molecule has 1 aromatic carbocycles. The second-order valence-corrected chi connectivity index (χ2v) is 7.49. The number of rotatable bonds is 4. The van der Waals surface area contributed by atoms with E-state index in [0.717, 1.165) is 30.8 Å². The number of nitrogens with zero attached hydrogens (tertiary/aromatic N) is 2. The summed E-state index contributed by atoms with van der Waals surface area (Å²) in [5, 5.41) is 0. The van der Waals surface area contributed by atoms with E-state index in [-0.39, 0.29) is 0 Å². The van der Waals surface area contributed by atoms with Crippen molar-refractivity contribution in [3.8, 4) is 0 Å². The van der Waals surface area contributed by atoms with Crippen LogP contribution in [0, 0.1) is 13.8 Å². The lowest BCUT2D eigenvalue weighted by molar-refractivity contribution is 0.197. The van der Waals surface area contributed by atoms with E-state index >= 15 is 0 Å². The highest BCUT2D eigenvalue weighted by atomic mass is 35.5. The smallest absolute Gasteiger partial charge is 0.243 e. The molecule has 0 spiro atoms. The lowest BCUT2D eigenvalue weighted by Gasteiger charge is -2.33. The fourth-order valence-electron chi connectivity index (χ4n) is 2.44. The first kappa shape index (κ1) is 15.8. The lowest BCUT2D eigenvalue weighted by Crippen LogP contribution is -2.49. The molecule has 112 valence electrons. The zero-order valence-corrected chi connectivity index (χ0v) is 13.5. The zero-order valence-electron chi connectivity index (χ0n) is 12.0. The van der Waals surface area contributed by atoms with Crippen molar-refractivity contribution in [1.29, 1.82) is 0 Å². The largest absolute Gasteiger partial charge is 0.300 e. The molecule has 0 atom stereocenters. The summed E-state index contributed by atoms with van der Waals surface area (Å²) >= 11 is 5.72. The molecule has 0 aliphatic carbocycles. The molecule has 0 aromatic heterocycles. The van der Waals surface area contributed by atoms with Crippen molar-refractivity contribution in [2.45, 2.75) is 18.7 Å². The van der Waals surface area contributed by atoms with Crippen molar-refractivity contribution < 1.29 is 8.42 Å². The Morgan fingerprint density at radius 1 is 1.15 bits per heavy atom. The predicted octanol–water partition coefficient (Wildman–Crippen LogP) is 1.85. The van der Waals surface area contributed by atoms with Gasteiger partial charge in [-0.15, -0.1) is 11.6 Å². The maximum Gasteiger partial charge on any atom is 0.243 e. The van der Waals surface area contributed by atoms with Gasteiger partial charge < -0.3 is 0 Å². The maximum absolute atomic E-state index is 12.7. The lowest BCUT2D eigenvalue weighted by atomic mass is 10.2. The number of benzene rings is 1. The number of piperazine rings is 1. The summed E-state index contributed by atoms with van der Waals surface area (Å²) < 4.78 is 27.0. The first-order valence-electron chi connectivity index (χ1n) is 6.81. The Kier molecular flexibility index (Phi) is 5.07. The number of hydrogen-bond acceptors (Lipinski definition) is 3. The van der Waals surface area contributed by atoms with Gasteiger partial charge in [-0.25, -0.2) is 8.42 Å². The fourth-order valence-corrected chi connectivity index (χ4v) is 4.41. The second-order valence-electron chi connectivity index (χ2n) is 5.20. The van der Waals surface area contributed by atoms with E-state index < -0.39 is 10.0 Å². The zero-order chi connectivity index (χ0) is 14.8. The third-order valence-electron chi connectivity index (χ3n) is 3.69. The molecule has 1 saturated heterocycles. The molecule has 1 fully saturated rings. The van der Waals surface area contributed by atoms with Crippen LogP contribution in [0.2, 0.25) is 0 Å². The van der Waals surface area contributed by atoms with Crippen molar-refractivity contribution in [2.75, 3.05) is 38.6 Å². The third kappa shape index (κ3) is 3.34. The van der Waals surface area contributed by atoms with Gasteiger partial charge in [0.25, 0.3) is 0 Å². The maximum atomic E-state index is 12.7. The molecule has 0 bridgehead atoms. The van der Waals surface area contributed by atoms with Crippen LogP contribution in [0.5, 0.6) is 0 Å². The molecular formula is C14H21ClN2O2S. The van der Waals surface area contributed by atoms with E-state index in [1.165, 1.54) is 0 Å². The standard InChI is InChI=1S/C14H21ClN2O2S/c1-12-3-4-13(2)14(11-12)20(18,19)17-9-7-16(6-5-15)8-10-17/h3-4,11H,5-10H2,1-2H3. The average Bonchev–Trinajstić information content (AvgIpc) is 2.42. The van der Waals surface area contributed by atoms with E-state index in [1.54, 1.807) is 10.4 Å². The minimum Gasteiger partial charge on any atom is -0.300 e. The minimum absolute atomic E-state index is 0.434. The Balaban J connectivity index is 2.18. The fraction of sp³-hybridized carbons (Fsp3) is 0.571. The molecule has 2 rings (SSSR count). The van der Waals surface area contributed by atoms with Crippen LogP contribution in [0.1, 0.15) is 11.1 Å². The van der Waals surface area contributed by atoms with Crippen molar-refractivity contribution >= 4 is 21.6 Å². The van der Waals surface area contributed by atoms with E-state index in [2.05, 4.69) is 4.90 Å².